The van der Waals surface area contributed by atoms with E-state index in [1.54, 1.807) is 11.3 Å². The molecule has 1 aromatic heterocycles. The number of likely N-dealkylation sites (N-methyl/N-ethyl adjacent to an activating group) is 2. The zero-order valence-corrected chi connectivity index (χ0v) is 13.0. The quantitative estimate of drug-likeness (QED) is 0.864. The van der Waals surface area contributed by atoms with Crippen LogP contribution in [0.4, 0.5) is 0 Å². The van der Waals surface area contributed by atoms with E-state index in [0.717, 1.165) is 32.1 Å². The Hall–Kier alpha value is -0.870. The fourth-order valence-electron chi connectivity index (χ4n) is 3.85. The number of rotatable bonds is 6. The average molecular weight is 276 g/mol. The van der Waals surface area contributed by atoms with E-state index < -0.39 is 0 Å². The Bertz CT molecular complexity index is 446. The maximum Gasteiger partial charge on any atom is 0.0802 e. The summed E-state index contributed by atoms with van der Waals surface area (Å²) in [6.45, 7) is 4.27. The molecule has 3 rings (SSSR count). The molecule has 0 spiro atoms. The molecule has 0 aromatic carbocycles. The van der Waals surface area contributed by atoms with E-state index in [2.05, 4.69) is 21.9 Å². The number of aromatic nitrogens is 2. The summed E-state index contributed by atoms with van der Waals surface area (Å²) in [6.07, 6.45) is 8.11. The van der Waals surface area contributed by atoms with Gasteiger partial charge in [0.15, 0.2) is 0 Å². The summed E-state index contributed by atoms with van der Waals surface area (Å²) in [5, 5.41) is 8.16. The van der Waals surface area contributed by atoms with Crippen molar-refractivity contribution in [3.8, 4) is 0 Å². The molecule has 0 bridgehead atoms. The van der Waals surface area contributed by atoms with Crippen LogP contribution >= 0.6 is 0 Å². The molecule has 4 heteroatoms. The van der Waals surface area contributed by atoms with Crippen molar-refractivity contribution in [3.63, 3.8) is 0 Å². The first kappa shape index (κ1) is 14.1. The summed E-state index contributed by atoms with van der Waals surface area (Å²) in [7, 11) is 4.23. The molecule has 0 unspecified atom stereocenters. The topological polar surface area (TPSA) is 33.1 Å². The van der Waals surface area contributed by atoms with Crippen molar-refractivity contribution in [1.29, 1.82) is 0 Å². The number of fused-ring (bicyclic) bond motifs is 1. The van der Waals surface area contributed by atoms with Crippen molar-refractivity contribution in [3.05, 3.63) is 17.0 Å². The van der Waals surface area contributed by atoms with E-state index in [1.165, 1.54) is 44.2 Å². The molecule has 0 radical (unpaired) electrons. The molecule has 1 aliphatic heterocycles. The van der Waals surface area contributed by atoms with Gasteiger partial charge in [-0.1, -0.05) is 12.8 Å². The molecular formula is C16H28N4. The number of hydrogen-bond acceptors (Lipinski definition) is 3. The minimum atomic E-state index is 0.796. The SMILES string of the molecule is CNCCN(C)Cc1nn2c(c1C1CCCC1)CCC2. The first-order valence-electron chi connectivity index (χ1n) is 8.21. The molecule has 0 saturated heterocycles. The van der Waals surface area contributed by atoms with Crippen molar-refractivity contribution in [2.24, 2.45) is 0 Å². The Morgan fingerprint density at radius 3 is 2.85 bits per heavy atom. The van der Waals surface area contributed by atoms with E-state index in [1.807, 2.05) is 7.05 Å². The molecule has 1 aromatic rings. The summed E-state index contributed by atoms with van der Waals surface area (Å²) in [5.41, 5.74) is 4.57. The summed E-state index contributed by atoms with van der Waals surface area (Å²) >= 11 is 0. The Morgan fingerprint density at radius 2 is 2.10 bits per heavy atom. The number of nitrogens with one attached hydrogen (secondary N) is 1. The van der Waals surface area contributed by atoms with Crippen LogP contribution in [0.25, 0.3) is 0 Å². The maximum absolute atomic E-state index is 4.94. The van der Waals surface area contributed by atoms with Crippen LogP contribution in [0.15, 0.2) is 0 Å². The van der Waals surface area contributed by atoms with Crippen molar-refractivity contribution in [2.45, 2.75) is 57.5 Å². The van der Waals surface area contributed by atoms with Crippen molar-refractivity contribution < 1.29 is 0 Å². The summed E-state index contributed by atoms with van der Waals surface area (Å²) in [6, 6.07) is 0. The fourth-order valence-corrected chi connectivity index (χ4v) is 3.85. The third kappa shape index (κ3) is 2.77. The Balaban J connectivity index is 1.79. The van der Waals surface area contributed by atoms with Gasteiger partial charge >= 0.3 is 0 Å². The van der Waals surface area contributed by atoms with Gasteiger partial charge in [0, 0.05) is 37.4 Å². The highest BCUT2D eigenvalue weighted by Crippen LogP contribution is 2.39. The second-order valence-electron chi connectivity index (χ2n) is 6.46. The molecule has 20 heavy (non-hydrogen) atoms. The van der Waals surface area contributed by atoms with Crippen molar-refractivity contribution >= 4 is 0 Å². The van der Waals surface area contributed by atoms with E-state index >= 15 is 0 Å². The first-order valence-corrected chi connectivity index (χ1v) is 8.21. The first-order chi connectivity index (χ1) is 9.79. The predicted octanol–water partition coefficient (Wildman–Crippen LogP) is 2.14. The second kappa shape index (κ2) is 6.27. The fraction of sp³-hybridized carbons (Fsp3) is 0.812. The van der Waals surface area contributed by atoms with Crippen molar-refractivity contribution in [2.75, 3.05) is 27.2 Å². The Kier molecular flexibility index (Phi) is 4.41. The van der Waals surface area contributed by atoms with Crippen molar-refractivity contribution in [1.82, 2.24) is 20.0 Å². The van der Waals surface area contributed by atoms with Gasteiger partial charge in [-0.05, 0) is 45.7 Å². The van der Waals surface area contributed by atoms with Gasteiger partial charge < -0.3 is 5.32 Å². The lowest BCUT2D eigenvalue weighted by Gasteiger charge is -2.18. The van der Waals surface area contributed by atoms with E-state index in [0.29, 0.717) is 0 Å². The summed E-state index contributed by atoms with van der Waals surface area (Å²) in [4.78, 5) is 2.40. The average Bonchev–Trinajstić information content (AvgIpc) is 3.12. The minimum Gasteiger partial charge on any atom is -0.318 e. The predicted molar refractivity (Wildman–Crippen MR) is 82.0 cm³/mol. The van der Waals surface area contributed by atoms with E-state index in [-0.39, 0.29) is 0 Å². The standard InChI is InChI=1S/C16H28N4/c1-17-9-11-19(2)12-14-16(13-6-3-4-7-13)15-8-5-10-20(15)18-14/h13,17H,3-12H2,1-2H3. The van der Waals surface area contributed by atoms with Gasteiger partial charge in [0.05, 0.1) is 5.69 Å². The molecule has 4 nitrogen and oxygen atoms in total. The van der Waals surface area contributed by atoms with Crippen LogP contribution in [-0.2, 0) is 19.5 Å². The largest absolute Gasteiger partial charge is 0.318 e. The smallest absolute Gasteiger partial charge is 0.0802 e. The molecule has 0 amide bonds. The summed E-state index contributed by atoms with van der Waals surface area (Å²) < 4.78 is 2.30. The zero-order valence-electron chi connectivity index (χ0n) is 13.0. The van der Waals surface area contributed by atoms with Crippen LogP contribution < -0.4 is 5.32 Å². The Morgan fingerprint density at radius 1 is 1.30 bits per heavy atom. The lowest BCUT2D eigenvalue weighted by molar-refractivity contribution is 0.321. The molecule has 1 saturated carbocycles. The van der Waals surface area contributed by atoms with Gasteiger partial charge in [-0.2, -0.15) is 5.10 Å². The minimum absolute atomic E-state index is 0.796. The third-order valence-corrected chi connectivity index (χ3v) is 4.88. The lowest BCUT2D eigenvalue weighted by Crippen LogP contribution is -2.27. The second-order valence-corrected chi connectivity index (χ2v) is 6.46. The van der Waals surface area contributed by atoms with Gasteiger partial charge in [-0.25, -0.2) is 0 Å². The van der Waals surface area contributed by atoms with Gasteiger partial charge in [0.1, 0.15) is 0 Å². The van der Waals surface area contributed by atoms with Crippen LogP contribution in [0, 0.1) is 0 Å². The number of nitrogens with zero attached hydrogens (tertiary/aromatic N) is 3. The van der Waals surface area contributed by atoms with Crippen LogP contribution in [-0.4, -0.2) is 41.9 Å². The highest BCUT2D eigenvalue weighted by Gasteiger charge is 2.29. The van der Waals surface area contributed by atoms with Crippen LogP contribution in [0.3, 0.4) is 0 Å². The van der Waals surface area contributed by atoms with Crippen LogP contribution in [0.1, 0.15) is 55.0 Å². The monoisotopic (exact) mass is 276 g/mol. The number of hydrogen-bond donors (Lipinski definition) is 1. The van der Waals surface area contributed by atoms with Crippen LogP contribution in [0.2, 0.25) is 0 Å². The van der Waals surface area contributed by atoms with Gasteiger partial charge in [0.25, 0.3) is 0 Å². The third-order valence-electron chi connectivity index (χ3n) is 4.88. The molecule has 2 heterocycles. The molecule has 1 fully saturated rings. The zero-order chi connectivity index (χ0) is 13.9. The van der Waals surface area contributed by atoms with Gasteiger partial charge in [0.2, 0.25) is 0 Å². The Labute approximate surface area is 122 Å². The molecule has 112 valence electrons. The normalized spacial score (nSPS) is 19.1. The molecule has 1 aliphatic carbocycles. The maximum atomic E-state index is 4.94. The molecule has 0 atom stereocenters. The lowest BCUT2D eigenvalue weighted by atomic mass is 9.94. The molecule has 1 N–H and O–H groups in total. The van der Waals surface area contributed by atoms with E-state index in [9.17, 15) is 0 Å². The summed E-state index contributed by atoms with van der Waals surface area (Å²) in [5.74, 6) is 0.796. The van der Waals surface area contributed by atoms with Gasteiger partial charge in [-0.15, -0.1) is 0 Å². The van der Waals surface area contributed by atoms with Gasteiger partial charge in [-0.3, -0.25) is 9.58 Å². The highest BCUT2D eigenvalue weighted by atomic mass is 15.3. The molecular weight excluding hydrogens is 248 g/mol. The number of aryl methyl sites for hydroxylation is 1. The molecule has 2 aliphatic rings. The highest BCUT2D eigenvalue weighted by molar-refractivity contribution is 5.32. The van der Waals surface area contributed by atoms with E-state index in [4.69, 9.17) is 5.10 Å². The van der Waals surface area contributed by atoms with Crippen LogP contribution in [0.5, 0.6) is 0 Å².